The first-order valence-electron chi connectivity index (χ1n) is 5.17. The summed E-state index contributed by atoms with van der Waals surface area (Å²) in [4.78, 5) is 23.2. The number of para-hydroxylation sites is 1. The Labute approximate surface area is 101 Å². The number of rotatable bonds is 2. The Morgan fingerprint density at radius 2 is 1.94 bits per heavy atom. The smallest absolute Gasteiger partial charge is 0.312 e. The summed E-state index contributed by atoms with van der Waals surface area (Å²) in [6, 6.07) is 3.20. The molecule has 2 rings (SSSR count). The van der Waals surface area contributed by atoms with Crippen LogP contribution in [0.5, 0.6) is 0 Å². The summed E-state index contributed by atoms with van der Waals surface area (Å²) in [5.41, 5.74) is -0.516. The molecular weight excluding hydrogens is 244 g/mol. The third-order valence-electron chi connectivity index (χ3n) is 2.64. The van der Waals surface area contributed by atoms with Gasteiger partial charge in [-0.2, -0.15) is 0 Å². The number of hydrogen-bond acceptors (Lipinski definition) is 2. The molecule has 0 fully saturated rings. The van der Waals surface area contributed by atoms with E-state index in [1.165, 1.54) is 12.1 Å². The van der Waals surface area contributed by atoms with Gasteiger partial charge in [0.2, 0.25) is 0 Å². The zero-order valence-corrected chi connectivity index (χ0v) is 9.14. The van der Waals surface area contributed by atoms with E-state index in [4.69, 9.17) is 5.11 Å². The average molecular weight is 253 g/mol. The lowest BCUT2D eigenvalue weighted by Gasteiger charge is -2.27. The van der Waals surface area contributed by atoms with Crippen molar-refractivity contribution in [3.63, 3.8) is 0 Å². The van der Waals surface area contributed by atoms with Gasteiger partial charge in [-0.15, -0.1) is 0 Å². The topological polar surface area (TPSA) is 57.6 Å². The third kappa shape index (κ3) is 2.09. The molecule has 0 bridgehead atoms. The monoisotopic (exact) mass is 253 g/mol. The maximum Gasteiger partial charge on any atom is 0.312 e. The zero-order chi connectivity index (χ0) is 13.3. The van der Waals surface area contributed by atoms with Gasteiger partial charge in [-0.1, -0.05) is 12.1 Å². The molecule has 1 unspecified atom stereocenters. The molecule has 6 heteroatoms. The third-order valence-corrected chi connectivity index (χ3v) is 2.64. The summed E-state index contributed by atoms with van der Waals surface area (Å²) in [7, 11) is 0. The first kappa shape index (κ1) is 12.2. The lowest BCUT2D eigenvalue weighted by Crippen LogP contribution is -2.40. The highest BCUT2D eigenvalue weighted by molar-refractivity contribution is 6.03. The zero-order valence-electron chi connectivity index (χ0n) is 9.14. The molecule has 0 spiro atoms. The standard InChI is InChI=1S/C12H9F2NO3/c13-8-2-1-3-9(14)11(8)15-6-7(12(17)18)4-5-10(15)16/h1-5,7H,6H2,(H,17,18). The molecule has 1 heterocycles. The molecule has 1 aliphatic heterocycles. The molecule has 0 aromatic heterocycles. The van der Waals surface area contributed by atoms with Crippen LogP contribution in [0.3, 0.4) is 0 Å². The van der Waals surface area contributed by atoms with Crippen LogP contribution in [-0.4, -0.2) is 23.5 Å². The number of benzene rings is 1. The number of carboxylic acid groups (broad SMARTS) is 1. The van der Waals surface area contributed by atoms with E-state index < -0.39 is 35.1 Å². The lowest BCUT2D eigenvalue weighted by molar-refractivity contribution is -0.139. The van der Waals surface area contributed by atoms with E-state index in [0.29, 0.717) is 0 Å². The number of carbonyl (C=O) groups excluding carboxylic acids is 1. The minimum absolute atomic E-state index is 0.289. The van der Waals surface area contributed by atoms with Crippen molar-refractivity contribution >= 4 is 17.6 Å². The first-order chi connectivity index (χ1) is 8.50. The summed E-state index contributed by atoms with van der Waals surface area (Å²) in [6.45, 7) is -0.289. The number of halogens is 2. The van der Waals surface area contributed by atoms with Gasteiger partial charge >= 0.3 is 5.97 Å². The average Bonchev–Trinajstić information content (AvgIpc) is 2.30. The van der Waals surface area contributed by atoms with Crippen molar-refractivity contribution in [2.45, 2.75) is 0 Å². The normalized spacial score (nSPS) is 19.1. The van der Waals surface area contributed by atoms with Crippen molar-refractivity contribution in [3.8, 4) is 0 Å². The van der Waals surface area contributed by atoms with Crippen LogP contribution in [0.15, 0.2) is 30.4 Å². The fourth-order valence-corrected chi connectivity index (χ4v) is 1.74. The minimum Gasteiger partial charge on any atom is -0.481 e. The van der Waals surface area contributed by atoms with Gasteiger partial charge in [0.25, 0.3) is 5.91 Å². The van der Waals surface area contributed by atoms with Crippen LogP contribution in [0.25, 0.3) is 0 Å². The fraction of sp³-hybridized carbons (Fsp3) is 0.167. The molecule has 1 aliphatic rings. The molecule has 18 heavy (non-hydrogen) atoms. The quantitative estimate of drug-likeness (QED) is 0.870. The molecule has 0 aliphatic carbocycles. The predicted octanol–water partition coefficient (Wildman–Crippen LogP) is 1.57. The van der Waals surface area contributed by atoms with Crippen molar-refractivity contribution in [3.05, 3.63) is 42.0 Å². The van der Waals surface area contributed by atoms with E-state index >= 15 is 0 Å². The molecule has 94 valence electrons. The van der Waals surface area contributed by atoms with E-state index in [1.54, 1.807) is 0 Å². The van der Waals surface area contributed by atoms with E-state index in [9.17, 15) is 18.4 Å². The molecule has 0 radical (unpaired) electrons. The van der Waals surface area contributed by atoms with Crippen molar-refractivity contribution in [2.24, 2.45) is 5.92 Å². The highest BCUT2D eigenvalue weighted by Crippen LogP contribution is 2.26. The van der Waals surface area contributed by atoms with Gasteiger partial charge in [0.1, 0.15) is 17.3 Å². The first-order valence-corrected chi connectivity index (χ1v) is 5.17. The Morgan fingerprint density at radius 3 is 2.50 bits per heavy atom. The fourth-order valence-electron chi connectivity index (χ4n) is 1.74. The Hall–Kier alpha value is -2.24. The van der Waals surface area contributed by atoms with Crippen LogP contribution >= 0.6 is 0 Å². The lowest BCUT2D eigenvalue weighted by atomic mass is 10.0. The second kappa shape index (κ2) is 4.56. The van der Waals surface area contributed by atoms with Crippen molar-refractivity contribution in [1.29, 1.82) is 0 Å². The number of amides is 1. The van der Waals surface area contributed by atoms with Crippen molar-refractivity contribution in [2.75, 3.05) is 11.4 Å². The number of carbonyl (C=O) groups is 2. The molecule has 1 amide bonds. The Kier molecular flexibility index (Phi) is 3.10. The Bertz CT molecular complexity index is 522. The van der Waals surface area contributed by atoms with Gasteiger partial charge in [0.15, 0.2) is 0 Å². The van der Waals surface area contributed by atoms with Crippen LogP contribution in [0, 0.1) is 17.6 Å². The molecule has 0 saturated carbocycles. The Morgan fingerprint density at radius 1 is 1.33 bits per heavy atom. The van der Waals surface area contributed by atoms with E-state index in [1.807, 2.05) is 0 Å². The minimum atomic E-state index is -1.15. The second-order valence-electron chi connectivity index (χ2n) is 3.82. The van der Waals surface area contributed by atoms with E-state index in [-0.39, 0.29) is 6.54 Å². The molecule has 1 N–H and O–H groups in total. The molecule has 0 saturated heterocycles. The van der Waals surface area contributed by atoms with Gasteiger partial charge in [-0.05, 0) is 12.1 Å². The molecular formula is C12H9F2NO3. The van der Waals surface area contributed by atoms with Crippen LogP contribution in [0.2, 0.25) is 0 Å². The predicted molar refractivity (Wildman–Crippen MR) is 59.0 cm³/mol. The van der Waals surface area contributed by atoms with Crippen LogP contribution < -0.4 is 4.90 Å². The molecule has 1 aromatic carbocycles. The highest BCUT2D eigenvalue weighted by atomic mass is 19.1. The van der Waals surface area contributed by atoms with Crippen molar-refractivity contribution < 1.29 is 23.5 Å². The van der Waals surface area contributed by atoms with Crippen molar-refractivity contribution in [1.82, 2.24) is 0 Å². The number of hydrogen-bond donors (Lipinski definition) is 1. The van der Waals surface area contributed by atoms with E-state index in [2.05, 4.69) is 0 Å². The largest absolute Gasteiger partial charge is 0.481 e. The maximum atomic E-state index is 13.5. The van der Waals surface area contributed by atoms with Crippen LogP contribution in [0.1, 0.15) is 0 Å². The van der Waals surface area contributed by atoms with E-state index in [0.717, 1.165) is 23.1 Å². The number of nitrogens with zero attached hydrogens (tertiary/aromatic N) is 1. The summed E-state index contributed by atoms with van der Waals surface area (Å²) < 4.78 is 27.1. The van der Waals surface area contributed by atoms with Gasteiger partial charge in [-0.25, -0.2) is 8.78 Å². The molecule has 1 aromatic rings. The highest BCUT2D eigenvalue weighted by Gasteiger charge is 2.29. The summed E-state index contributed by atoms with van der Waals surface area (Å²) in [6.07, 6.45) is 2.22. The summed E-state index contributed by atoms with van der Waals surface area (Å²) >= 11 is 0. The van der Waals surface area contributed by atoms with Crippen LogP contribution in [-0.2, 0) is 9.59 Å². The second-order valence-corrected chi connectivity index (χ2v) is 3.82. The maximum absolute atomic E-state index is 13.5. The Balaban J connectivity index is 2.42. The van der Waals surface area contributed by atoms with Gasteiger partial charge < -0.3 is 10.0 Å². The van der Waals surface area contributed by atoms with Gasteiger partial charge in [0, 0.05) is 12.6 Å². The SMILES string of the molecule is O=C(O)C1C=CC(=O)N(c2c(F)cccc2F)C1. The molecule has 1 atom stereocenters. The number of anilines is 1. The number of aliphatic carboxylic acids is 1. The van der Waals surface area contributed by atoms with Gasteiger partial charge in [0.05, 0.1) is 5.92 Å². The molecule has 4 nitrogen and oxygen atoms in total. The van der Waals surface area contributed by atoms with Gasteiger partial charge in [-0.3, -0.25) is 9.59 Å². The number of carboxylic acids is 1. The van der Waals surface area contributed by atoms with Crippen LogP contribution in [0.4, 0.5) is 14.5 Å². The summed E-state index contributed by atoms with van der Waals surface area (Å²) in [5.74, 6) is -4.57. The summed E-state index contributed by atoms with van der Waals surface area (Å²) in [5, 5.41) is 8.85.